The van der Waals surface area contributed by atoms with Gasteiger partial charge in [0.15, 0.2) is 0 Å². The van der Waals surface area contributed by atoms with Crippen LogP contribution in [0.1, 0.15) is 27.2 Å². The predicted octanol–water partition coefficient (Wildman–Crippen LogP) is 2.92. The number of rotatable bonds is 6. The third-order valence-electron chi connectivity index (χ3n) is 3.80. The molecule has 6 atom stereocenters. The van der Waals surface area contributed by atoms with Gasteiger partial charge in [0.25, 0.3) is 0 Å². The molecule has 1 rings (SSSR count). The maximum atomic E-state index is 10.4. The van der Waals surface area contributed by atoms with Crippen LogP contribution < -0.4 is 0 Å². The molecule has 1 saturated heterocycles. The quantitative estimate of drug-likeness (QED) is 0.230. The SMILES string of the molecule is C/C(=C\I)[C@@H]1O[C@H](CCOBPS)[C@H](C)[C@@H](O)[C@H]1C. The molecule has 0 saturated carbocycles. The zero-order valence-electron chi connectivity index (χ0n) is 11.7. The minimum absolute atomic E-state index is 0.0138. The van der Waals surface area contributed by atoms with Crippen molar-refractivity contribution in [1.82, 2.24) is 0 Å². The van der Waals surface area contributed by atoms with E-state index in [0.29, 0.717) is 21.5 Å². The summed E-state index contributed by atoms with van der Waals surface area (Å²) in [5, 5.41) is 10.4. The van der Waals surface area contributed by atoms with Crippen molar-refractivity contribution in [3.8, 4) is 0 Å². The Balaban J connectivity index is 2.60. The van der Waals surface area contributed by atoms with E-state index in [0.717, 1.165) is 6.42 Å². The van der Waals surface area contributed by atoms with Gasteiger partial charge in [-0.15, -0.1) is 0 Å². The van der Waals surface area contributed by atoms with Crippen LogP contribution in [0.5, 0.6) is 0 Å². The predicted molar refractivity (Wildman–Crippen MR) is 95.8 cm³/mol. The summed E-state index contributed by atoms with van der Waals surface area (Å²) < 4.78 is 13.7. The largest absolute Gasteiger partial charge is 0.434 e. The van der Waals surface area contributed by atoms with Crippen LogP contribution in [0.25, 0.3) is 0 Å². The Kier molecular flexibility index (Phi) is 8.89. The third-order valence-corrected chi connectivity index (χ3v) is 5.50. The fraction of sp³-hybridized carbons (Fsp3) is 0.833. The second kappa shape index (κ2) is 9.26. The molecule has 0 aromatic rings. The van der Waals surface area contributed by atoms with E-state index in [1.807, 2.05) is 4.08 Å². The maximum absolute atomic E-state index is 10.4. The standard InChI is InChI=1S/C12H23BIO3PS/c1-7(6-14)12-9(3)11(15)8(2)10(17-12)4-5-16-13-18-19/h6,8-13,15,18-19H,4-5H2,1-3H3/b7-6+/t8-,9+,10+,11+,12-/m0/s1. The first-order valence-corrected chi connectivity index (χ1v) is 10.3. The second-order valence-corrected chi connectivity index (χ2v) is 7.33. The van der Waals surface area contributed by atoms with E-state index in [1.165, 1.54) is 5.57 Å². The average molecular weight is 416 g/mol. The zero-order valence-corrected chi connectivity index (χ0v) is 15.7. The summed E-state index contributed by atoms with van der Waals surface area (Å²) in [7, 11) is 1.22. The number of hydrogen-bond acceptors (Lipinski definition) is 4. The van der Waals surface area contributed by atoms with Gasteiger partial charge in [-0.1, -0.05) is 44.1 Å². The molecule has 0 spiro atoms. The zero-order chi connectivity index (χ0) is 14.4. The molecule has 0 aromatic carbocycles. The normalized spacial score (nSPS) is 36.9. The Morgan fingerprint density at radius 3 is 2.79 bits per heavy atom. The number of aliphatic hydroxyl groups excluding tert-OH is 1. The molecule has 1 heterocycles. The molecule has 0 aliphatic carbocycles. The topological polar surface area (TPSA) is 38.7 Å². The maximum Gasteiger partial charge on any atom is 0.310 e. The summed E-state index contributed by atoms with van der Waals surface area (Å²) in [5.41, 5.74) is 1.18. The number of ether oxygens (including phenoxy) is 1. The van der Waals surface area contributed by atoms with Crippen LogP contribution >= 0.6 is 42.5 Å². The van der Waals surface area contributed by atoms with Gasteiger partial charge in [0, 0.05) is 18.4 Å². The lowest BCUT2D eigenvalue weighted by Gasteiger charge is -2.43. The molecule has 0 aromatic heterocycles. The monoisotopic (exact) mass is 416 g/mol. The van der Waals surface area contributed by atoms with Crippen molar-refractivity contribution in [2.24, 2.45) is 11.8 Å². The molecule has 1 aliphatic heterocycles. The molecule has 110 valence electrons. The van der Waals surface area contributed by atoms with Gasteiger partial charge in [-0.3, -0.25) is 0 Å². The van der Waals surface area contributed by atoms with E-state index in [1.54, 1.807) is 0 Å². The molecule has 1 aliphatic rings. The van der Waals surface area contributed by atoms with E-state index in [9.17, 15) is 5.11 Å². The fourth-order valence-electron chi connectivity index (χ4n) is 2.55. The Bertz CT molecular complexity index is 309. The molecule has 1 unspecified atom stereocenters. The minimum Gasteiger partial charge on any atom is -0.434 e. The summed E-state index contributed by atoms with van der Waals surface area (Å²) in [6.07, 6.45) is 0.584. The van der Waals surface area contributed by atoms with Crippen molar-refractivity contribution in [3.63, 3.8) is 0 Å². The summed E-state index contributed by atoms with van der Waals surface area (Å²) in [4.78, 5) is 0. The van der Waals surface area contributed by atoms with Gasteiger partial charge in [0.2, 0.25) is 0 Å². The van der Waals surface area contributed by atoms with Crippen LogP contribution in [-0.4, -0.2) is 37.2 Å². The Morgan fingerprint density at radius 2 is 2.21 bits per heavy atom. The summed E-state index contributed by atoms with van der Waals surface area (Å²) >= 11 is 6.37. The Hall–Kier alpha value is 1.19. The first-order chi connectivity index (χ1) is 9.02. The smallest absolute Gasteiger partial charge is 0.310 e. The molecule has 19 heavy (non-hydrogen) atoms. The first kappa shape index (κ1) is 18.2. The lowest BCUT2D eigenvalue weighted by atomic mass is 9.80. The number of aliphatic hydroxyl groups is 1. The molecule has 1 N–H and O–H groups in total. The molecular formula is C12H23BIO3PS. The summed E-state index contributed by atoms with van der Waals surface area (Å²) in [5.74, 6) is 0.285. The Morgan fingerprint density at radius 1 is 1.53 bits per heavy atom. The van der Waals surface area contributed by atoms with E-state index >= 15 is 0 Å². The first-order valence-electron chi connectivity index (χ1n) is 6.58. The van der Waals surface area contributed by atoms with Gasteiger partial charge in [-0.25, -0.2) is 0 Å². The van der Waals surface area contributed by atoms with Crippen LogP contribution in [0.3, 0.4) is 0 Å². The average Bonchev–Trinajstić information content (AvgIpc) is 2.42. The van der Waals surface area contributed by atoms with Crippen LogP contribution in [0.2, 0.25) is 0 Å². The molecular weight excluding hydrogens is 393 g/mol. The van der Waals surface area contributed by atoms with Crippen molar-refractivity contribution in [1.29, 1.82) is 0 Å². The number of halogens is 1. The highest BCUT2D eigenvalue weighted by molar-refractivity contribution is 14.1. The van der Waals surface area contributed by atoms with Gasteiger partial charge in [-0.2, -0.15) is 12.2 Å². The van der Waals surface area contributed by atoms with E-state index < -0.39 is 0 Å². The molecule has 1 fully saturated rings. The van der Waals surface area contributed by atoms with Crippen molar-refractivity contribution >= 4 is 49.7 Å². The minimum atomic E-state index is -0.318. The van der Waals surface area contributed by atoms with Gasteiger partial charge >= 0.3 is 7.20 Å². The van der Waals surface area contributed by atoms with E-state index in [4.69, 9.17) is 9.39 Å². The van der Waals surface area contributed by atoms with Crippen molar-refractivity contribution in [2.45, 2.75) is 45.5 Å². The van der Waals surface area contributed by atoms with Crippen molar-refractivity contribution in [2.75, 3.05) is 6.61 Å². The molecule has 0 bridgehead atoms. The van der Waals surface area contributed by atoms with Crippen molar-refractivity contribution < 1.29 is 14.5 Å². The van der Waals surface area contributed by atoms with Gasteiger partial charge < -0.3 is 14.5 Å². The summed E-state index contributed by atoms with van der Waals surface area (Å²) in [6, 6.07) is 0. The van der Waals surface area contributed by atoms with Crippen LogP contribution in [0.4, 0.5) is 0 Å². The van der Waals surface area contributed by atoms with Crippen molar-refractivity contribution in [3.05, 3.63) is 9.66 Å². The highest BCUT2D eigenvalue weighted by Gasteiger charge is 2.40. The second-order valence-electron chi connectivity index (χ2n) is 5.16. The van der Waals surface area contributed by atoms with Crippen LogP contribution in [0.15, 0.2) is 9.66 Å². The van der Waals surface area contributed by atoms with Crippen LogP contribution in [0, 0.1) is 11.8 Å². The van der Waals surface area contributed by atoms with Crippen LogP contribution in [-0.2, 0) is 9.39 Å². The lowest BCUT2D eigenvalue weighted by molar-refractivity contribution is -0.153. The Labute approximate surface area is 137 Å². The van der Waals surface area contributed by atoms with E-state index in [2.05, 4.69) is 55.6 Å². The molecule has 0 amide bonds. The van der Waals surface area contributed by atoms with Gasteiger partial charge in [0.1, 0.15) is 0 Å². The number of hydrogen-bond donors (Lipinski definition) is 2. The third kappa shape index (κ3) is 5.15. The molecule has 3 nitrogen and oxygen atoms in total. The highest BCUT2D eigenvalue weighted by Crippen LogP contribution is 2.35. The lowest BCUT2D eigenvalue weighted by Crippen LogP contribution is -2.49. The number of thiol groups is 1. The fourth-order valence-corrected chi connectivity index (χ4v) is 3.41. The van der Waals surface area contributed by atoms with Gasteiger partial charge in [0.05, 0.1) is 18.3 Å². The molecule has 7 heteroatoms. The molecule has 0 radical (unpaired) electrons. The van der Waals surface area contributed by atoms with E-state index in [-0.39, 0.29) is 30.1 Å². The highest BCUT2D eigenvalue weighted by atomic mass is 127. The van der Waals surface area contributed by atoms with Gasteiger partial charge in [-0.05, 0) is 23.0 Å². The summed E-state index contributed by atoms with van der Waals surface area (Å²) in [6.45, 7) is 6.85.